The lowest BCUT2D eigenvalue weighted by molar-refractivity contribution is -0.162. The minimum Gasteiger partial charge on any atom is -0.462 e. The SMILES string of the molecule is CC/C=C\C/C=C\C/C=C\C/C=C\C/C=C\CCOCC(COC(=O)CCCCCCC/C=C\CCCCCCCC)OC(=O)CCCCCCC. The lowest BCUT2D eigenvalue weighted by Gasteiger charge is -2.18. The summed E-state index contributed by atoms with van der Waals surface area (Å²) in [5.74, 6) is -0.465. The monoisotopic (exact) mass is 725 g/mol. The third kappa shape index (κ3) is 40.1. The number of ether oxygens (including phenoxy) is 3. The summed E-state index contributed by atoms with van der Waals surface area (Å²) in [6.45, 7) is 7.40. The molecule has 0 aliphatic carbocycles. The van der Waals surface area contributed by atoms with Gasteiger partial charge in [0.05, 0.1) is 13.2 Å². The summed E-state index contributed by atoms with van der Waals surface area (Å²) in [6.07, 6.45) is 53.7. The molecule has 5 heteroatoms. The van der Waals surface area contributed by atoms with Crippen molar-refractivity contribution in [1.82, 2.24) is 0 Å². The Hall–Kier alpha value is -2.66. The standard InChI is InChI=1S/C47H80O5/c1-4-7-10-13-15-17-19-21-23-25-27-29-31-33-36-39-42-50-43-45(52-47(49)41-38-34-12-9-6-3)44-51-46(48)40-37-35-32-30-28-26-24-22-20-18-16-14-11-8-5-2/h7,10,15,17,21-24,27,29,33,36,45H,4-6,8-9,11-14,16,18-20,25-26,28,30-32,34-35,37-44H2,1-3H3/b10-7-,17-15-,23-21-,24-22-,29-27-,36-33-. The van der Waals surface area contributed by atoms with Crippen LogP contribution in [0.4, 0.5) is 0 Å². The number of carbonyl (C=O) groups is 2. The molecular weight excluding hydrogens is 645 g/mol. The molecule has 52 heavy (non-hydrogen) atoms. The molecule has 0 saturated carbocycles. The normalized spacial score (nSPS) is 12.9. The molecule has 0 radical (unpaired) electrons. The van der Waals surface area contributed by atoms with Gasteiger partial charge in [0.25, 0.3) is 0 Å². The first-order chi connectivity index (χ1) is 25.6. The van der Waals surface area contributed by atoms with Crippen LogP contribution in [0.2, 0.25) is 0 Å². The van der Waals surface area contributed by atoms with E-state index in [-0.39, 0.29) is 25.2 Å². The van der Waals surface area contributed by atoms with Crippen molar-refractivity contribution in [2.75, 3.05) is 19.8 Å². The third-order valence-corrected chi connectivity index (χ3v) is 8.75. The van der Waals surface area contributed by atoms with Crippen molar-refractivity contribution in [1.29, 1.82) is 0 Å². The van der Waals surface area contributed by atoms with Crippen molar-refractivity contribution in [3.63, 3.8) is 0 Å². The van der Waals surface area contributed by atoms with Gasteiger partial charge < -0.3 is 14.2 Å². The third-order valence-electron chi connectivity index (χ3n) is 8.75. The smallest absolute Gasteiger partial charge is 0.306 e. The fraction of sp³-hybridized carbons (Fsp3) is 0.702. The molecule has 0 bridgehead atoms. The van der Waals surface area contributed by atoms with Crippen LogP contribution < -0.4 is 0 Å². The Kier molecular flexibility index (Phi) is 40.6. The lowest BCUT2D eigenvalue weighted by atomic mass is 10.1. The molecule has 0 fully saturated rings. The van der Waals surface area contributed by atoms with Gasteiger partial charge in [-0.3, -0.25) is 9.59 Å². The maximum Gasteiger partial charge on any atom is 0.306 e. The summed E-state index contributed by atoms with van der Waals surface area (Å²) < 4.78 is 17.1. The molecule has 0 aliphatic heterocycles. The Morgan fingerprint density at radius 1 is 0.442 bits per heavy atom. The minimum absolute atomic E-state index is 0.0488. The average Bonchev–Trinajstić information content (AvgIpc) is 3.14. The molecule has 298 valence electrons. The van der Waals surface area contributed by atoms with Crippen LogP contribution in [0.3, 0.4) is 0 Å². The first kappa shape index (κ1) is 49.3. The highest BCUT2D eigenvalue weighted by atomic mass is 16.6. The van der Waals surface area contributed by atoms with E-state index in [1.165, 1.54) is 70.6 Å². The fourth-order valence-corrected chi connectivity index (χ4v) is 5.57. The van der Waals surface area contributed by atoms with Crippen LogP contribution in [0.5, 0.6) is 0 Å². The maximum absolute atomic E-state index is 12.5. The van der Waals surface area contributed by atoms with Crippen LogP contribution in [-0.2, 0) is 23.8 Å². The van der Waals surface area contributed by atoms with E-state index in [2.05, 4.69) is 93.7 Å². The molecule has 0 amide bonds. The second-order valence-electron chi connectivity index (χ2n) is 13.9. The van der Waals surface area contributed by atoms with E-state index >= 15 is 0 Å². The quantitative estimate of drug-likeness (QED) is 0.0360. The van der Waals surface area contributed by atoms with E-state index in [1.807, 2.05) is 0 Å². The molecule has 5 nitrogen and oxygen atoms in total. The van der Waals surface area contributed by atoms with Crippen LogP contribution in [0.15, 0.2) is 72.9 Å². The number of unbranched alkanes of at least 4 members (excludes halogenated alkanes) is 15. The van der Waals surface area contributed by atoms with Gasteiger partial charge in [-0.1, -0.05) is 171 Å². The number of esters is 2. The molecular formula is C47H80O5. The first-order valence-corrected chi connectivity index (χ1v) is 21.5. The van der Waals surface area contributed by atoms with Gasteiger partial charge in [0.1, 0.15) is 6.61 Å². The van der Waals surface area contributed by atoms with E-state index in [0.717, 1.165) is 83.5 Å². The largest absolute Gasteiger partial charge is 0.462 e. The molecule has 0 N–H and O–H groups in total. The molecule has 0 aromatic carbocycles. The topological polar surface area (TPSA) is 61.8 Å². The predicted molar refractivity (Wildman–Crippen MR) is 224 cm³/mol. The van der Waals surface area contributed by atoms with Gasteiger partial charge in [0, 0.05) is 12.8 Å². The van der Waals surface area contributed by atoms with Crippen molar-refractivity contribution in [2.24, 2.45) is 0 Å². The molecule has 0 aliphatic rings. The number of allylic oxidation sites excluding steroid dienone is 11. The van der Waals surface area contributed by atoms with Gasteiger partial charge in [-0.2, -0.15) is 0 Å². The molecule has 1 unspecified atom stereocenters. The number of rotatable bonds is 38. The Bertz CT molecular complexity index is 957. The van der Waals surface area contributed by atoms with Crippen LogP contribution in [0.25, 0.3) is 0 Å². The van der Waals surface area contributed by atoms with E-state index in [4.69, 9.17) is 14.2 Å². The Morgan fingerprint density at radius 3 is 1.38 bits per heavy atom. The molecule has 0 saturated heterocycles. The Labute approximate surface area is 321 Å². The van der Waals surface area contributed by atoms with Gasteiger partial charge >= 0.3 is 11.9 Å². The fourth-order valence-electron chi connectivity index (χ4n) is 5.57. The van der Waals surface area contributed by atoms with Crippen LogP contribution in [-0.4, -0.2) is 37.9 Å². The highest BCUT2D eigenvalue weighted by Crippen LogP contribution is 2.12. The average molecular weight is 725 g/mol. The van der Waals surface area contributed by atoms with Gasteiger partial charge in [0.2, 0.25) is 0 Å². The Morgan fingerprint density at radius 2 is 0.865 bits per heavy atom. The van der Waals surface area contributed by atoms with Gasteiger partial charge in [-0.15, -0.1) is 0 Å². The van der Waals surface area contributed by atoms with Crippen LogP contribution in [0.1, 0.15) is 188 Å². The zero-order chi connectivity index (χ0) is 37.8. The molecule has 0 aromatic rings. The van der Waals surface area contributed by atoms with E-state index in [0.29, 0.717) is 19.4 Å². The zero-order valence-corrected chi connectivity index (χ0v) is 34.1. The van der Waals surface area contributed by atoms with Crippen LogP contribution >= 0.6 is 0 Å². The van der Waals surface area contributed by atoms with E-state index in [9.17, 15) is 9.59 Å². The summed E-state index contributed by atoms with van der Waals surface area (Å²) in [5, 5.41) is 0. The molecule has 0 heterocycles. The summed E-state index contributed by atoms with van der Waals surface area (Å²) >= 11 is 0. The second-order valence-corrected chi connectivity index (χ2v) is 13.9. The summed E-state index contributed by atoms with van der Waals surface area (Å²) in [4.78, 5) is 24.9. The molecule has 1 atom stereocenters. The number of carbonyl (C=O) groups excluding carboxylic acids is 2. The summed E-state index contributed by atoms with van der Waals surface area (Å²) in [5.41, 5.74) is 0. The molecule has 0 rings (SSSR count). The van der Waals surface area contributed by atoms with Crippen molar-refractivity contribution >= 4 is 11.9 Å². The minimum atomic E-state index is -0.574. The summed E-state index contributed by atoms with van der Waals surface area (Å²) in [6, 6.07) is 0. The van der Waals surface area contributed by atoms with Crippen molar-refractivity contribution in [3.05, 3.63) is 72.9 Å². The van der Waals surface area contributed by atoms with Gasteiger partial charge in [-0.05, 0) is 77.0 Å². The van der Waals surface area contributed by atoms with Crippen LogP contribution in [0, 0.1) is 0 Å². The number of hydrogen-bond donors (Lipinski definition) is 0. The van der Waals surface area contributed by atoms with Gasteiger partial charge in [-0.25, -0.2) is 0 Å². The first-order valence-electron chi connectivity index (χ1n) is 21.5. The summed E-state index contributed by atoms with van der Waals surface area (Å²) in [7, 11) is 0. The molecule has 0 aromatic heterocycles. The van der Waals surface area contributed by atoms with E-state index < -0.39 is 6.10 Å². The van der Waals surface area contributed by atoms with Crippen molar-refractivity contribution < 1.29 is 23.8 Å². The van der Waals surface area contributed by atoms with Gasteiger partial charge in [0.15, 0.2) is 6.10 Å². The highest BCUT2D eigenvalue weighted by Gasteiger charge is 2.17. The predicted octanol–water partition coefficient (Wildman–Crippen LogP) is 14.0. The van der Waals surface area contributed by atoms with Crippen molar-refractivity contribution in [3.8, 4) is 0 Å². The van der Waals surface area contributed by atoms with Crippen molar-refractivity contribution in [2.45, 2.75) is 194 Å². The second kappa shape index (κ2) is 42.8. The van der Waals surface area contributed by atoms with E-state index in [1.54, 1.807) is 0 Å². The Balaban J connectivity index is 4.22. The lowest BCUT2D eigenvalue weighted by Crippen LogP contribution is -2.30. The molecule has 0 spiro atoms. The highest BCUT2D eigenvalue weighted by molar-refractivity contribution is 5.70. The number of hydrogen-bond acceptors (Lipinski definition) is 5. The maximum atomic E-state index is 12.5. The zero-order valence-electron chi connectivity index (χ0n) is 34.1.